The van der Waals surface area contributed by atoms with Gasteiger partial charge in [0.2, 0.25) is 6.29 Å². The normalized spacial score (nSPS) is 17.5. The highest BCUT2D eigenvalue weighted by Gasteiger charge is 2.24. The zero-order valence-corrected chi connectivity index (χ0v) is 7.79. The van der Waals surface area contributed by atoms with Crippen molar-refractivity contribution in [1.29, 1.82) is 0 Å². The Hall–Kier alpha value is -1.94. The Morgan fingerprint density at radius 2 is 2.13 bits per heavy atom. The van der Waals surface area contributed by atoms with Crippen LogP contribution in [0.2, 0.25) is 0 Å². The molecule has 0 aliphatic carbocycles. The molecule has 15 heavy (non-hydrogen) atoms. The van der Waals surface area contributed by atoms with Gasteiger partial charge in [-0.2, -0.15) is 0 Å². The summed E-state index contributed by atoms with van der Waals surface area (Å²) in [6.07, 6.45) is 2.06. The maximum Gasteiger partial charge on any atom is 0.227 e. The number of aromatic nitrogens is 2. The molecule has 2 aromatic rings. The number of ether oxygens (including phenoxy) is 1. The molecule has 1 N–H and O–H groups in total. The molecular formula is C11H8N2O2. The molecule has 1 aromatic carbocycles. The van der Waals surface area contributed by atoms with Gasteiger partial charge in [0.15, 0.2) is 0 Å². The maximum absolute atomic E-state index is 9.71. The van der Waals surface area contributed by atoms with Crippen LogP contribution in [0.25, 0.3) is 11.3 Å². The topological polar surface area (TPSA) is 55.2 Å². The lowest BCUT2D eigenvalue weighted by atomic mass is 10.0. The zero-order valence-electron chi connectivity index (χ0n) is 7.79. The van der Waals surface area contributed by atoms with Gasteiger partial charge in [-0.25, -0.2) is 9.97 Å². The first-order valence-corrected chi connectivity index (χ1v) is 4.60. The Labute approximate surface area is 86.2 Å². The van der Waals surface area contributed by atoms with E-state index >= 15 is 0 Å². The fourth-order valence-corrected chi connectivity index (χ4v) is 1.69. The highest BCUT2D eigenvalue weighted by Crippen LogP contribution is 2.39. The van der Waals surface area contributed by atoms with Crippen LogP contribution in [0.3, 0.4) is 0 Å². The number of nitrogens with zero attached hydrogens (tertiary/aromatic N) is 2. The molecule has 4 nitrogen and oxygen atoms in total. The molecular weight excluding hydrogens is 192 g/mol. The molecule has 0 spiro atoms. The second kappa shape index (κ2) is 3.03. The third-order valence-corrected chi connectivity index (χ3v) is 2.39. The highest BCUT2D eigenvalue weighted by molar-refractivity contribution is 5.71. The number of aliphatic hydroxyl groups is 1. The van der Waals surface area contributed by atoms with Gasteiger partial charge in [0.1, 0.15) is 12.1 Å². The molecule has 1 aliphatic rings. The second-order valence-corrected chi connectivity index (χ2v) is 3.29. The molecule has 0 bridgehead atoms. The Balaban J connectivity index is 2.30. The molecule has 1 aromatic heterocycles. The lowest BCUT2D eigenvalue weighted by Gasteiger charge is -2.23. The van der Waals surface area contributed by atoms with Crippen LogP contribution in [-0.2, 0) is 0 Å². The van der Waals surface area contributed by atoms with E-state index in [-0.39, 0.29) is 0 Å². The summed E-state index contributed by atoms with van der Waals surface area (Å²) in [5, 5.41) is 9.71. The summed E-state index contributed by atoms with van der Waals surface area (Å²) in [5.41, 5.74) is 2.23. The van der Waals surface area contributed by atoms with Gasteiger partial charge in [-0.15, -0.1) is 0 Å². The maximum atomic E-state index is 9.71. The van der Waals surface area contributed by atoms with Crippen molar-refractivity contribution in [2.75, 3.05) is 0 Å². The Morgan fingerprint density at radius 3 is 3.07 bits per heavy atom. The van der Waals surface area contributed by atoms with Crippen molar-refractivity contribution in [1.82, 2.24) is 9.97 Å². The number of hydrogen-bond acceptors (Lipinski definition) is 4. The molecule has 0 radical (unpaired) electrons. The number of hydrogen-bond donors (Lipinski definition) is 1. The van der Waals surface area contributed by atoms with E-state index in [1.807, 2.05) is 24.3 Å². The van der Waals surface area contributed by atoms with Crippen LogP contribution >= 0.6 is 0 Å². The predicted molar refractivity (Wildman–Crippen MR) is 53.1 cm³/mol. The van der Waals surface area contributed by atoms with Crippen LogP contribution in [0.1, 0.15) is 11.9 Å². The summed E-state index contributed by atoms with van der Waals surface area (Å²) in [6, 6.07) is 7.49. The minimum absolute atomic E-state index is 0.608. The van der Waals surface area contributed by atoms with Gasteiger partial charge in [-0.1, -0.05) is 12.1 Å². The molecule has 0 amide bonds. The van der Waals surface area contributed by atoms with Crippen molar-refractivity contribution < 1.29 is 9.84 Å². The number of benzene rings is 1. The van der Waals surface area contributed by atoms with Crippen molar-refractivity contribution in [2.45, 2.75) is 6.29 Å². The fraction of sp³-hybridized carbons (Fsp3) is 0.0909. The molecule has 3 rings (SSSR count). The van der Waals surface area contributed by atoms with Gasteiger partial charge >= 0.3 is 0 Å². The lowest BCUT2D eigenvalue weighted by molar-refractivity contribution is -0.0219. The van der Waals surface area contributed by atoms with Gasteiger partial charge in [0.05, 0.1) is 11.3 Å². The van der Waals surface area contributed by atoms with E-state index in [9.17, 15) is 5.11 Å². The van der Waals surface area contributed by atoms with Crippen LogP contribution in [-0.4, -0.2) is 15.1 Å². The SMILES string of the molecule is OC1Oc2ccccc2-c2ncncc21. The first-order valence-electron chi connectivity index (χ1n) is 4.60. The largest absolute Gasteiger partial charge is 0.460 e. The number of fused-ring (bicyclic) bond motifs is 3. The third kappa shape index (κ3) is 1.19. The summed E-state index contributed by atoms with van der Waals surface area (Å²) >= 11 is 0. The second-order valence-electron chi connectivity index (χ2n) is 3.29. The average molecular weight is 200 g/mol. The minimum Gasteiger partial charge on any atom is -0.460 e. The number of aliphatic hydroxyl groups excluding tert-OH is 1. The third-order valence-electron chi connectivity index (χ3n) is 2.39. The van der Waals surface area contributed by atoms with Crippen molar-refractivity contribution in [3.8, 4) is 17.0 Å². The fourth-order valence-electron chi connectivity index (χ4n) is 1.69. The van der Waals surface area contributed by atoms with Gasteiger partial charge in [0.25, 0.3) is 0 Å². The minimum atomic E-state index is -0.976. The molecule has 0 saturated heterocycles. The van der Waals surface area contributed by atoms with E-state index < -0.39 is 6.29 Å². The van der Waals surface area contributed by atoms with Crippen LogP contribution < -0.4 is 4.74 Å². The predicted octanol–water partition coefficient (Wildman–Crippen LogP) is 1.53. The monoisotopic (exact) mass is 200 g/mol. The lowest BCUT2D eigenvalue weighted by Crippen LogP contribution is -2.14. The highest BCUT2D eigenvalue weighted by atomic mass is 16.6. The molecule has 0 saturated carbocycles. The van der Waals surface area contributed by atoms with Gasteiger partial charge in [-0.3, -0.25) is 0 Å². The van der Waals surface area contributed by atoms with E-state index in [1.165, 1.54) is 6.33 Å². The molecule has 1 unspecified atom stereocenters. The summed E-state index contributed by atoms with van der Waals surface area (Å²) < 4.78 is 5.33. The van der Waals surface area contributed by atoms with E-state index in [4.69, 9.17) is 4.74 Å². The van der Waals surface area contributed by atoms with Crippen LogP contribution in [0.5, 0.6) is 5.75 Å². The molecule has 74 valence electrons. The standard InChI is InChI=1S/C11H8N2O2/c14-11-8-5-12-6-13-10(8)7-3-1-2-4-9(7)15-11/h1-6,11,14H. The van der Waals surface area contributed by atoms with Gasteiger partial charge < -0.3 is 9.84 Å². The zero-order chi connectivity index (χ0) is 10.3. The smallest absolute Gasteiger partial charge is 0.227 e. The summed E-state index contributed by atoms with van der Waals surface area (Å²) in [6.45, 7) is 0. The van der Waals surface area contributed by atoms with Gasteiger partial charge in [-0.05, 0) is 12.1 Å². The van der Waals surface area contributed by atoms with Crippen molar-refractivity contribution in [2.24, 2.45) is 0 Å². The quantitative estimate of drug-likeness (QED) is 0.700. The Kier molecular flexibility index (Phi) is 1.69. The number of rotatable bonds is 0. The molecule has 1 atom stereocenters. The van der Waals surface area contributed by atoms with Crippen LogP contribution in [0.4, 0.5) is 0 Å². The van der Waals surface area contributed by atoms with Crippen molar-refractivity contribution in [3.63, 3.8) is 0 Å². The first-order chi connectivity index (χ1) is 7.36. The summed E-state index contributed by atoms with van der Waals surface area (Å²) in [5.74, 6) is 0.649. The van der Waals surface area contributed by atoms with Crippen molar-refractivity contribution in [3.05, 3.63) is 42.4 Å². The van der Waals surface area contributed by atoms with Gasteiger partial charge in [0, 0.05) is 11.8 Å². The van der Waals surface area contributed by atoms with Crippen LogP contribution in [0.15, 0.2) is 36.8 Å². The summed E-state index contributed by atoms with van der Waals surface area (Å²) in [7, 11) is 0. The number of para-hydroxylation sites is 1. The molecule has 2 heterocycles. The van der Waals surface area contributed by atoms with Crippen molar-refractivity contribution >= 4 is 0 Å². The Morgan fingerprint density at radius 1 is 1.27 bits per heavy atom. The van der Waals surface area contributed by atoms with E-state index in [1.54, 1.807) is 6.20 Å². The van der Waals surface area contributed by atoms with E-state index in [0.717, 1.165) is 11.3 Å². The molecule has 0 fully saturated rings. The van der Waals surface area contributed by atoms with E-state index in [0.29, 0.717) is 11.3 Å². The van der Waals surface area contributed by atoms with Crippen LogP contribution in [0, 0.1) is 0 Å². The summed E-state index contributed by atoms with van der Waals surface area (Å²) in [4.78, 5) is 8.03. The van der Waals surface area contributed by atoms with E-state index in [2.05, 4.69) is 9.97 Å². The molecule has 1 aliphatic heterocycles. The Bertz CT molecular complexity index is 513. The first kappa shape index (κ1) is 8.38. The molecule has 4 heteroatoms. The average Bonchev–Trinajstić information content (AvgIpc) is 2.30.